The van der Waals surface area contributed by atoms with Crippen molar-refractivity contribution in [3.63, 3.8) is 0 Å². The molecule has 0 spiro atoms. The number of carbonyl (C=O) groups is 1. The topological polar surface area (TPSA) is 73.2 Å². The number of nitrogens with zero attached hydrogens (tertiary/aromatic N) is 2. The highest BCUT2D eigenvalue weighted by Gasteiger charge is 2.15. The Balaban J connectivity index is 1.68. The van der Waals surface area contributed by atoms with Gasteiger partial charge < -0.3 is 14.6 Å². The van der Waals surface area contributed by atoms with Crippen LogP contribution in [0, 0.1) is 6.92 Å². The molecular weight excluding hydrogens is 458 g/mol. The smallest absolute Gasteiger partial charge is 0.260 e. The molecule has 0 fully saturated rings. The minimum absolute atomic E-state index is 0.197. The number of hydrogen-bond donors (Lipinski definition) is 1. The molecule has 156 valence electrons. The lowest BCUT2D eigenvalue weighted by molar-refractivity contribution is 0.102. The van der Waals surface area contributed by atoms with E-state index >= 15 is 0 Å². The number of rotatable bonds is 5. The van der Waals surface area contributed by atoms with Crippen molar-refractivity contribution in [2.75, 3.05) is 12.4 Å². The SMILES string of the molecule is COc1ccc(Cn2ccc3nc(C)c(C(=O)Nc4cccc(Br)c4)cc3c2=O)cc1. The zero-order valence-electron chi connectivity index (χ0n) is 17.1. The summed E-state index contributed by atoms with van der Waals surface area (Å²) in [7, 11) is 1.61. The first-order chi connectivity index (χ1) is 14.9. The van der Waals surface area contributed by atoms with E-state index in [9.17, 15) is 9.59 Å². The molecule has 6 nitrogen and oxygen atoms in total. The second-order valence-electron chi connectivity index (χ2n) is 7.12. The summed E-state index contributed by atoms with van der Waals surface area (Å²) in [6.07, 6.45) is 1.72. The summed E-state index contributed by atoms with van der Waals surface area (Å²) < 4.78 is 7.65. The van der Waals surface area contributed by atoms with Gasteiger partial charge in [0.15, 0.2) is 0 Å². The molecule has 1 amide bonds. The average Bonchev–Trinajstić information content (AvgIpc) is 2.76. The van der Waals surface area contributed by atoms with Crippen molar-refractivity contribution < 1.29 is 9.53 Å². The van der Waals surface area contributed by atoms with E-state index in [0.717, 1.165) is 15.8 Å². The van der Waals surface area contributed by atoms with Gasteiger partial charge in [-0.2, -0.15) is 0 Å². The Morgan fingerprint density at radius 1 is 1.13 bits per heavy atom. The third-order valence-corrected chi connectivity index (χ3v) is 5.48. The highest BCUT2D eigenvalue weighted by molar-refractivity contribution is 9.10. The Bertz CT molecular complexity index is 1330. The molecule has 0 aliphatic heterocycles. The lowest BCUT2D eigenvalue weighted by Gasteiger charge is -2.11. The molecule has 0 saturated carbocycles. The van der Waals surface area contributed by atoms with E-state index in [1.165, 1.54) is 0 Å². The number of pyridine rings is 2. The predicted octanol–water partition coefficient (Wildman–Crippen LogP) is 4.78. The molecule has 7 heteroatoms. The highest BCUT2D eigenvalue weighted by atomic mass is 79.9. The van der Waals surface area contributed by atoms with Crippen LogP contribution in [0.15, 0.2) is 76.1 Å². The van der Waals surface area contributed by atoms with Crippen molar-refractivity contribution in [1.29, 1.82) is 0 Å². The molecule has 0 bridgehead atoms. The number of hydrogen-bond acceptors (Lipinski definition) is 4. The van der Waals surface area contributed by atoms with Crippen LogP contribution in [0.2, 0.25) is 0 Å². The van der Waals surface area contributed by atoms with E-state index in [-0.39, 0.29) is 11.5 Å². The van der Waals surface area contributed by atoms with Crippen molar-refractivity contribution in [1.82, 2.24) is 9.55 Å². The number of halogens is 1. The number of carbonyl (C=O) groups excluding carboxylic acids is 1. The molecule has 0 radical (unpaired) electrons. The normalized spacial score (nSPS) is 10.8. The molecule has 0 saturated heterocycles. The molecule has 0 aliphatic rings. The van der Waals surface area contributed by atoms with Crippen molar-refractivity contribution in [3.05, 3.63) is 98.5 Å². The van der Waals surface area contributed by atoms with Crippen LogP contribution in [0.25, 0.3) is 10.9 Å². The van der Waals surface area contributed by atoms with Gasteiger partial charge in [-0.15, -0.1) is 0 Å². The first kappa shape index (κ1) is 20.8. The summed E-state index contributed by atoms with van der Waals surface area (Å²) in [6, 6.07) is 18.3. The predicted molar refractivity (Wildman–Crippen MR) is 125 cm³/mol. The van der Waals surface area contributed by atoms with E-state index in [1.54, 1.807) is 43.0 Å². The molecule has 2 heterocycles. The molecule has 0 aliphatic carbocycles. The van der Waals surface area contributed by atoms with Crippen LogP contribution < -0.4 is 15.6 Å². The standard InChI is InChI=1S/C24H20BrN3O3/c1-15-20(23(29)27-18-5-3-4-17(25)12-18)13-21-22(26-15)10-11-28(24(21)30)14-16-6-8-19(31-2)9-7-16/h3-13H,14H2,1-2H3,(H,27,29). The molecular formula is C24H20BrN3O3. The van der Waals surface area contributed by atoms with E-state index in [0.29, 0.717) is 34.4 Å². The Kier molecular flexibility index (Phi) is 5.86. The maximum atomic E-state index is 13.1. The number of amides is 1. The van der Waals surface area contributed by atoms with Crippen molar-refractivity contribution in [2.45, 2.75) is 13.5 Å². The lowest BCUT2D eigenvalue weighted by Crippen LogP contribution is -2.22. The quantitative estimate of drug-likeness (QED) is 0.448. The molecule has 2 aromatic heterocycles. The average molecular weight is 478 g/mol. The summed E-state index contributed by atoms with van der Waals surface area (Å²) in [6.45, 7) is 2.17. The van der Waals surface area contributed by atoms with Gasteiger partial charge in [-0.1, -0.05) is 34.1 Å². The number of aryl methyl sites for hydroxylation is 1. The van der Waals surface area contributed by atoms with Gasteiger partial charge in [0.2, 0.25) is 0 Å². The molecule has 1 N–H and O–H groups in total. The van der Waals surface area contributed by atoms with E-state index in [2.05, 4.69) is 26.2 Å². The van der Waals surface area contributed by atoms with Crippen LogP contribution in [0.3, 0.4) is 0 Å². The van der Waals surface area contributed by atoms with E-state index < -0.39 is 0 Å². The van der Waals surface area contributed by atoms with Gasteiger partial charge in [0.05, 0.1) is 35.8 Å². The monoisotopic (exact) mass is 477 g/mol. The first-order valence-electron chi connectivity index (χ1n) is 9.65. The maximum Gasteiger partial charge on any atom is 0.260 e. The van der Waals surface area contributed by atoms with Crippen molar-refractivity contribution in [2.24, 2.45) is 0 Å². The van der Waals surface area contributed by atoms with Gasteiger partial charge in [-0.25, -0.2) is 0 Å². The Hall–Kier alpha value is -3.45. The summed E-state index contributed by atoms with van der Waals surface area (Å²) in [5.41, 5.74) is 2.92. The van der Waals surface area contributed by atoms with E-state index in [1.807, 2.05) is 42.5 Å². The van der Waals surface area contributed by atoms with Crippen LogP contribution in [-0.4, -0.2) is 22.6 Å². The van der Waals surface area contributed by atoms with Crippen LogP contribution >= 0.6 is 15.9 Å². The Morgan fingerprint density at radius 2 is 1.90 bits per heavy atom. The zero-order valence-corrected chi connectivity index (χ0v) is 18.6. The number of methoxy groups -OCH3 is 1. The third-order valence-electron chi connectivity index (χ3n) is 4.99. The molecule has 0 unspecified atom stereocenters. The summed E-state index contributed by atoms with van der Waals surface area (Å²) in [5.74, 6) is 0.449. The number of nitrogens with one attached hydrogen (secondary N) is 1. The second kappa shape index (κ2) is 8.73. The first-order valence-corrected chi connectivity index (χ1v) is 10.4. The summed E-state index contributed by atoms with van der Waals surface area (Å²) in [5, 5.41) is 3.26. The van der Waals surface area contributed by atoms with Gasteiger partial charge in [0.1, 0.15) is 5.75 Å². The van der Waals surface area contributed by atoms with Gasteiger partial charge in [-0.05, 0) is 55.0 Å². The second-order valence-corrected chi connectivity index (χ2v) is 8.03. The Labute approximate surface area is 187 Å². The van der Waals surface area contributed by atoms with E-state index in [4.69, 9.17) is 4.74 Å². The number of ether oxygens (including phenoxy) is 1. The molecule has 4 aromatic rings. The van der Waals surface area contributed by atoms with Gasteiger partial charge >= 0.3 is 0 Å². The minimum atomic E-state index is -0.310. The van der Waals surface area contributed by atoms with Crippen LogP contribution in [0.4, 0.5) is 5.69 Å². The molecule has 0 atom stereocenters. The third kappa shape index (κ3) is 4.51. The number of benzene rings is 2. The van der Waals surface area contributed by atoms with Gasteiger partial charge in [0.25, 0.3) is 11.5 Å². The highest BCUT2D eigenvalue weighted by Crippen LogP contribution is 2.19. The Morgan fingerprint density at radius 3 is 2.61 bits per heavy atom. The number of fused-ring (bicyclic) bond motifs is 1. The van der Waals surface area contributed by atoms with Crippen molar-refractivity contribution in [3.8, 4) is 5.75 Å². The molecule has 2 aromatic carbocycles. The van der Waals surface area contributed by atoms with Gasteiger partial charge in [-0.3, -0.25) is 14.6 Å². The molecule has 4 rings (SSSR count). The van der Waals surface area contributed by atoms with Crippen LogP contribution in [0.5, 0.6) is 5.75 Å². The fourth-order valence-corrected chi connectivity index (χ4v) is 3.75. The summed E-state index contributed by atoms with van der Waals surface area (Å²) >= 11 is 3.39. The number of anilines is 1. The fourth-order valence-electron chi connectivity index (χ4n) is 3.35. The van der Waals surface area contributed by atoms with Gasteiger partial charge in [0, 0.05) is 16.4 Å². The fraction of sp³-hybridized carbons (Fsp3) is 0.125. The summed E-state index contributed by atoms with van der Waals surface area (Å²) in [4.78, 5) is 30.4. The maximum absolute atomic E-state index is 13.1. The zero-order chi connectivity index (χ0) is 22.0. The number of aromatic nitrogens is 2. The van der Waals surface area contributed by atoms with Crippen LogP contribution in [-0.2, 0) is 6.54 Å². The van der Waals surface area contributed by atoms with Crippen molar-refractivity contribution >= 4 is 38.4 Å². The minimum Gasteiger partial charge on any atom is -0.497 e. The lowest BCUT2D eigenvalue weighted by atomic mass is 10.1. The van der Waals surface area contributed by atoms with Crippen LogP contribution in [0.1, 0.15) is 21.6 Å². The largest absolute Gasteiger partial charge is 0.497 e. The molecule has 31 heavy (non-hydrogen) atoms.